The predicted octanol–water partition coefficient (Wildman–Crippen LogP) is 4.92. The van der Waals surface area contributed by atoms with Crippen molar-refractivity contribution in [1.82, 2.24) is 19.8 Å². The summed E-state index contributed by atoms with van der Waals surface area (Å²) >= 11 is 0. The Bertz CT molecular complexity index is 1590. The molecule has 1 N–H and O–H groups in total. The van der Waals surface area contributed by atoms with Gasteiger partial charge in [0.15, 0.2) is 17.4 Å². The number of aromatic carboxylic acids is 1. The van der Waals surface area contributed by atoms with Gasteiger partial charge in [-0.25, -0.2) is 23.2 Å². The number of carbonyl (C=O) groups is 2. The van der Waals surface area contributed by atoms with E-state index in [1.54, 1.807) is 37.3 Å². The van der Waals surface area contributed by atoms with Crippen LogP contribution in [0.5, 0.6) is 11.5 Å². The van der Waals surface area contributed by atoms with Crippen LogP contribution in [0, 0.1) is 18.6 Å². The molecule has 0 saturated heterocycles. The lowest BCUT2D eigenvalue weighted by molar-refractivity contribution is 0.0696. The van der Waals surface area contributed by atoms with Crippen LogP contribution in [0.3, 0.4) is 0 Å². The molecule has 39 heavy (non-hydrogen) atoms. The normalized spacial score (nSPS) is 13.4. The average molecular weight is 536 g/mol. The van der Waals surface area contributed by atoms with Gasteiger partial charge in [-0.2, -0.15) is 4.68 Å². The minimum absolute atomic E-state index is 0.0642. The summed E-state index contributed by atoms with van der Waals surface area (Å²) < 4.78 is 35.6. The van der Waals surface area contributed by atoms with E-state index in [0.29, 0.717) is 33.5 Å². The number of hydrogen-bond acceptors (Lipinski definition) is 6. The maximum atomic E-state index is 14.4. The SMILES string of the molecule is Cc1cc(Oc2ccccc2)c(N(C(=O)n2nnn(-c3c(F)cccc3F)c2=O)C2CCCC2)cc1C(=O)O. The highest BCUT2D eigenvalue weighted by Gasteiger charge is 2.35. The lowest BCUT2D eigenvalue weighted by Gasteiger charge is -2.30. The highest BCUT2D eigenvalue weighted by Crippen LogP contribution is 2.39. The maximum Gasteiger partial charge on any atom is 0.377 e. The van der Waals surface area contributed by atoms with Gasteiger partial charge in [0.05, 0.1) is 11.3 Å². The van der Waals surface area contributed by atoms with Crippen LogP contribution < -0.4 is 15.3 Å². The predicted molar refractivity (Wildman–Crippen MR) is 136 cm³/mol. The first-order valence-corrected chi connectivity index (χ1v) is 12.2. The molecule has 1 amide bonds. The zero-order chi connectivity index (χ0) is 27.7. The van der Waals surface area contributed by atoms with E-state index in [2.05, 4.69) is 10.4 Å². The fourth-order valence-electron chi connectivity index (χ4n) is 4.70. The molecule has 4 aromatic rings. The second kappa shape index (κ2) is 10.5. The number of aromatic nitrogens is 4. The third kappa shape index (κ3) is 4.88. The van der Waals surface area contributed by atoms with Gasteiger partial charge >= 0.3 is 17.7 Å². The summed E-state index contributed by atoms with van der Waals surface area (Å²) in [5.74, 6) is -2.71. The third-order valence-corrected chi connectivity index (χ3v) is 6.57. The molecule has 0 bridgehead atoms. The van der Waals surface area contributed by atoms with Crippen LogP contribution >= 0.6 is 0 Å². The number of amides is 1. The fourth-order valence-corrected chi connectivity index (χ4v) is 4.70. The second-order valence-corrected chi connectivity index (χ2v) is 9.10. The molecule has 1 saturated carbocycles. The number of carboxylic acids is 1. The van der Waals surface area contributed by atoms with Gasteiger partial charge in [-0.1, -0.05) is 37.1 Å². The van der Waals surface area contributed by atoms with Crippen molar-refractivity contribution < 1.29 is 28.2 Å². The molecule has 0 spiro atoms. The Morgan fingerprint density at radius 1 is 1.00 bits per heavy atom. The molecule has 0 unspecified atom stereocenters. The number of nitrogens with zero attached hydrogens (tertiary/aromatic N) is 5. The van der Waals surface area contributed by atoms with Crippen LogP contribution in [0.2, 0.25) is 0 Å². The number of aryl methyl sites for hydroxylation is 1. The Kier molecular flexibility index (Phi) is 6.92. The van der Waals surface area contributed by atoms with Crippen molar-refractivity contribution in [3.63, 3.8) is 0 Å². The van der Waals surface area contributed by atoms with Crippen LogP contribution in [0.15, 0.2) is 65.5 Å². The number of para-hydroxylation sites is 2. The van der Waals surface area contributed by atoms with Gasteiger partial charge in [0.1, 0.15) is 11.4 Å². The number of hydrogen-bond donors (Lipinski definition) is 1. The minimum atomic E-state index is -1.21. The Morgan fingerprint density at radius 2 is 1.67 bits per heavy atom. The molecule has 1 heterocycles. The molecule has 200 valence electrons. The molecule has 0 radical (unpaired) electrons. The van der Waals surface area contributed by atoms with Crippen LogP contribution in [-0.4, -0.2) is 42.9 Å². The molecule has 1 aliphatic carbocycles. The first-order chi connectivity index (χ1) is 18.8. The van der Waals surface area contributed by atoms with E-state index in [4.69, 9.17) is 4.74 Å². The smallest absolute Gasteiger partial charge is 0.377 e. The standard InChI is InChI=1S/C27H23F2N5O5/c1-16-14-23(39-18-10-3-2-4-11-18)22(15-19(16)25(35)36)32(17-8-5-6-9-17)26(37)34-27(38)33(30-31-34)24-20(28)12-7-13-21(24)29/h2-4,7,10-15,17H,5-6,8-9H2,1H3,(H,35,36). The van der Waals surface area contributed by atoms with E-state index in [-0.39, 0.29) is 17.0 Å². The van der Waals surface area contributed by atoms with Gasteiger partial charge in [0.25, 0.3) is 0 Å². The Hall–Kier alpha value is -4.87. The molecule has 3 aromatic carbocycles. The molecule has 1 fully saturated rings. The van der Waals surface area contributed by atoms with Crippen LogP contribution in [0.4, 0.5) is 19.3 Å². The number of benzene rings is 3. The molecular weight excluding hydrogens is 512 g/mol. The van der Waals surface area contributed by atoms with Gasteiger partial charge in [-0.15, -0.1) is 4.68 Å². The number of halogens is 2. The van der Waals surface area contributed by atoms with Crippen molar-refractivity contribution in [1.29, 1.82) is 0 Å². The lowest BCUT2D eigenvalue weighted by Crippen LogP contribution is -2.46. The first-order valence-electron chi connectivity index (χ1n) is 12.2. The van der Waals surface area contributed by atoms with Crippen LogP contribution in [-0.2, 0) is 0 Å². The molecule has 10 nitrogen and oxygen atoms in total. The molecule has 0 aliphatic heterocycles. The van der Waals surface area contributed by atoms with Gasteiger partial charge in [-0.3, -0.25) is 4.90 Å². The van der Waals surface area contributed by atoms with Crippen molar-refractivity contribution in [3.05, 3.63) is 93.9 Å². The number of rotatable bonds is 6. The molecule has 1 aliphatic rings. The van der Waals surface area contributed by atoms with E-state index < -0.39 is 41.1 Å². The van der Waals surface area contributed by atoms with Gasteiger partial charge in [0, 0.05) is 6.04 Å². The van der Waals surface area contributed by atoms with Gasteiger partial charge < -0.3 is 9.84 Å². The van der Waals surface area contributed by atoms with Crippen molar-refractivity contribution in [2.45, 2.75) is 38.6 Å². The number of carboxylic acid groups (broad SMARTS) is 1. The van der Waals surface area contributed by atoms with Gasteiger partial charge in [0.2, 0.25) is 0 Å². The topological polar surface area (TPSA) is 120 Å². The molecule has 12 heteroatoms. The summed E-state index contributed by atoms with van der Waals surface area (Å²) in [6.45, 7) is 1.60. The number of anilines is 1. The molecular formula is C27H23F2N5O5. The highest BCUT2D eigenvalue weighted by atomic mass is 19.1. The summed E-state index contributed by atoms with van der Waals surface area (Å²) in [6.07, 6.45) is 2.72. The Morgan fingerprint density at radius 3 is 2.31 bits per heavy atom. The summed E-state index contributed by atoms with van der Waals surface area (Å²) in [5.41, 5.74) is -1.52. The monoisotopic (exact) mass is 535 g/mol. The lowest BCUT2D eigenvalue weighted by atomic mass is 10.0. The van der Waals surface area contributed by atoms with Crippen molar-refractivity contribution in [2.24, 2.45) is 0 Å². The number of tetrazole rings is 1. The zero-order valence-corrected chi connectivity index (χ0v) is 20.8. The van der Waals surface area contributed by atoms with E-state index >= 15 is 0 Å². The van der Waals surface area contributed by atoms with Crippen LogP contribution in [0.25, 0.3) is 5.69 Å². The summed E-state index contributed by atoms with van der Waals surface area (Å²) in [5, 5.41) is 17.0. The largest absolute Gasteiger partial charge is 0.478 e. The molecule has 0 atom stereocenters. The second-order valence-electron chi connectivity index (χ2n) is 9.10. The zero-order valence-electron chi connectivity index (χ0n) is 20.8. The van der Waals surface area contributed by atoms with E-state index in [0.717, 1.165) is 31.0 Å². The Labute approximate surface area is 220 Å². The highest BCUT2D eigenvalue weighted by molar-refractivity contribution is 5.98. The van der Waals surface area contributed by atoms with Crippen molar-refractivity contribution >= 4 is 17.7 Å². The Balaban J connectivity index is 1.66. The average Bonchev–Trinajstić information content (AvgIpc) is 3.56. The third-order valence-electron chi connectivity index (χ3n) is 6.57. The molecule has 1 aromatic heterocycles. The summed E-state index contributed by atoms with van der Waals surface area (Å²) in [6, 6.07) is 13.2. The quantitative estimate of drug-likeness (QED) is 0.348. The van der Waals surface area contributed by atoms with Crippen molar-refractivity contribution in [3.8, 4) is 17.2 Å². The summed E-state index contributed by atoms with van der Waals surface area (Å²) in [7, 11) is 0. The van der Waals surface area contributed by atoms with Gasteiger partial charge in [-0.05, 0) is 72.2 Å². The van der Waals surface area contributed by atoms with E-state index in [9.17, 15) is 28.3 Å². The molecule has 5 rings (SSSR count). The van der Waals surface area contributed by atoms with Crippen molar-refractivity contribution in [2.75, 3.05) is 4.90 Å². The maximum absolute atomic E-state index is 14.4. The fraction of sp³-hybridized carbons (Fsp3) is 0.222. The van der Waals surface area contributed by atoms with E-state index in [1.807, 2.05) is 0 Å². The number of ether oxygens (including phenoxy) is 1. The first kappa shape index (κ1) is 25.8. The summed E-state index contributed by atoms with van der Waals surface area (Å²) in [4.78, 5) is 40.4. The van der Waals surface area contributed by atoms with E-state index in [1.165, 1.54) is 17.0 Å². The van der Waals surface area contributed by atoms with Crippen LogP contribution in [0.1, 0.15) is 41.6 Å². The number of carbonyl (C=O) groups excluding carboxylic acids is 1. The minimum Gasteiger partial charge on any atom is -0.478 e.